The van der Waals surface area contributed by atoms with Crippen LogP contribution in [0.1, 0.15) is 59.0 Å². The van der Waals surface area contributed by atoms with Gasteiger partial charge in [0, 0.05) is 10.6 Å². The number of rotatable bonds is 4. The third-order valence-electron chi connectivity index (χ3n) is 4.85. The maximum absolute atomic E-state index is 12.7. The van der Waals surface area contributed by atoms with Crippen LogP contribution in [0.2, 0.25) is 0 Å². The van der Waals surface area contributed by atoms with Crippen molar-refractivity contribution in [2.24, 2.45) is 0 Å². The Balaban J connectivity index is 1.80. The van der Waals surface area contributed by atoms with Crippen molar-refractivity contribution < 1.29 is 22.7 Å². The number of carbonyl (C=O) groups is 1. The van der Waals surface area contributed by atoms with Crippen LogP contribution in [0.3, 0.4) is 0 Å². The third-order valence-corrected chi connectivity index (χ3v) is 6.26. The molecule has 0 atom stereocenters. The van der Waals surface area contributed by atoms with Crippen molar-refractivity contribution in [2.45, 2.75) is 51.6 Å². The topological polar surface area (TPSA) is 50.4 Å². The SMILES string of the molecule is CCOC(=O)c1c(NC(=S)Nc2ccc(C(F)(F)F)cc2)sc2c1CCCCCC2. The minimum Gasteiger partial charge on any atom is -0.462 e. The number of benzene rings is 1. The van der Waals surface area contributed by atoms with Gasteiger partial charge in [-0.05, 0) is 74.7 Å². The first-order valence-electron chi connectivity index (χ1n) is 9.86. The summed E-state index contributed by atoms with van der Waals surface area (Å²) < 4.78 is 43.4. The predicted molar refractivity (Wildman–Crippen MR) is 117 cm³/mol. The molecular weight excluding hydrogens is 433 g/mol. The van der Waals surface area contributed by atoms with Gasteiger partial charge in [-0.3, -0.25) is 0 Å². The molecule has 0 aliphatic heterocycles. The lowest BCUT2D eigenvalue weighted by molar-refractivity contribution is -0.137. The number of carbonyl (C=O) groups excluding carboxylic acids is 1. The van der Waals surface area contributed by atoms with Gasteiger partial charge in [-0.25, -0.2) is 4.79 Å². The first kappa shape index (κ1) is 22.6. The van der Waals surface area contributed by atoms with Crippen molar-refractivity contribution in [1.82, 2.24) is 0 Å². The van der Waals surface area contributed by atoms with Crippen LogP contribution in [-0.2, 0) is 23.8 Å². The van der Waals surface area contributed by atoms with Crippen molar-refractivity contribution in [1.29, 1.82) is 0 Å². The van der Waals surface area contributed by atoms with Gasteiger partial charge in [0.15, 0.2) is 5.11 Å². The van der Waals surface area contributed by atoms with Gasteiger partial charge in [-0.2, -0.15) is 13.2 Å². The molecule has 9 heteroatoms. The number of nitrogens with one attached hydrogen (secondary N) is 2. The van der Waals surface area contributed by atoms with E-state index in [4.69, 9.17) is 17.0 Å². The summed E-state index contributed by atoms with van der Waals surface area (Å²) in [6.45, 7) is 2.04. The molecule has 162 valence electrons. The summed E-state index contributed by atoms with van der Waals surface area (Å²) in [6, 6.07) is 4.62. The average molecular weight is 457 g/mol. The molecule has 1 aromatic heterocycles. The molecule has 1 aromatic carbocycles. The molecule has 0 bridgehead atoms. The number of hydrogen-bond donors (Lipinski definition) is 2. The average Bonchev–Trinajstić information content (AvgIpc) is 2.97. The van der Waals surface area contributed by atoms with E-state index in [1.54, 1.807) is 6.92 Å². The van der Waals surface area contributed by atoms with Crippen LogP contribution in [0.15, 0.2) is 24.3 Å². The van der Waals surface area contributed by atoms with Gasteiger partial charge in [0.05, 0.1) is 17.7 Å². The predicted octanol–water partition coefficient (Wildman–Crippen LogP) is 6.41. The molecule has 0 saturated carbocycles. The van der Waals surface area contributed by atoms with Crippen molar-refractivity contribution in [3.05, 3.63) is 45.8 Å². The number of fused-ring (bicyclic) bond motifs is 1. The Hall–Kier alpha value is -2.13. The Morgan fingerprint density at radius 3 is 2.40 bits per heavy atom. The maximum Gasteiger partial charge on any atom is 0.416 e. The summed E-state index contributed by atoms with van der Waals surface area (Å²) in [6.07, 6.45) is 1.73. The molecule has 0 radical (unpaired) electrons. The fourth-order valence-corrected chi connectivity index (χ4v) is 5.00. The standard InChI is InChI=1S/C21H23F3N2O2S2/c1-2-28-19(27)17-15-7-5-3-4-6-8-16(15)30-18(17)26-20(29)25-14-11-9-13(10-12-14)21(22,23)24/h9-12H,2-8H2,1H3,(H2,25,26,29). The molecule has 4 nitrogen and oxygen atoms in total. The summed E-state index contributed by atoms with van der Waals surface area (Å²) in [4.78, 5) is 13.8. The Kier molecular flexibility index (Phi) is 7.36. The largest absolute Gasteiger partial charge is 0.462 e. The van der Waals surface area contributed by atoms with Gasteiger partial charge in [-0.15, -0.1) is 11.3 Å². The number of esters is 1. The number of alkyl halides is 3. The summed E-state index contributed by atoms with van der Waals surface area (Å²) in [5.74, 6) is -0.379. The normalized spacial score (nSPS) is 14.3. The molecule has 0 amide bonds. The van der Waals surface area contributed by atoms with E-state index in [0.29, 0.717) is 16.3 Å². The lowest BCUT2D eigenvalue weighted by Gasteiger charge is -2.13. The number of thiocarbonyl (C=S) groups is 1. The van der Waals surface area contributed by atoms with E-state index in [1.807, 2.05) is 0 Å². The van der Waals surface area contributed by atoms with Crippen LogP contribution in [0, 0.1) is 0 Å². The fraction of sp³-hybridized carbons (Fsp3) is 0.429. The smallest absolute Gasteiger partial charge is 0.416 e. The van der Waals surface area contributed by atoms with Gasteiger partial charge < -0.3 is 15.4 Å². The molecule has 2 aromatic rings. The van der Waals surface area contributed by atoms with E-state index < -0.39 is 11.7 Å². The van der Waals surface area contributed by atoms with E-state index in [0.717, 1.165) is 54.7 Å². The van der Waals surface area contributed by atoms with E-state index in [2.05, 4.69) is 10.6 Å². The van der Waals surface area contributed by atoms with Gasteiger partial charge in [-0.1, -0.05) is 12.8 Å². The maximum atomic E-state index is 12.7. The van der Waals surface area contributed by atoms with Crippen LogP contribution < -0.4 is 10.6 Å². The number of thiophene rings is 1. The molecule has 30 heavy (non-hydrogen) atoms. The highest BCUT2D eigenvalue weighted by molar-refractivity contribution is 7.80. The van der Waals surface area contributed by atoms with Crippen LogP contribution in [0.5, 0.6) is 0 Å². The number of halogens is 3. The number of hydrogen-bond acceptors (Lipinski definition) is 4. The van der Waals surface area contributed by atoms with Crippen LogP contribution >= 0.6 is 23.6 Å². The zero-order chi connectivity index (χ0) is 21.7. The summed E-state index contributed by atoms with van der Waals surface area (Å²) in [7, 11) is 0. The van der Waals surface area contributed by atoms with Gasteiger partial charge >= 0.3 is 12.1 Å². The van der Waals surface area contributed by atoms with Crippen molar-refractivity contribution in [3.63, 3.8) is 0 Å². The van der Waals surface area contributed by atoms with Crippen LogP contribution in [-0.4, -0.2) is 17.7 Å². The van der Waals surface area contributed by atoms with Gasteiger partial charge in [0.1, 0.15) is 5.00 Å². The Morgan fingerprint density at radius 1 is 1.10 bits per heavy atom. The Bertz CT molecular complexity index is 908. The summed E-state index contributed by atoms with van der Waals surface area (Å²) in [5.41, 5.74) is 1.25. The molecule has 1 heterocycles. The highest BCUT2D eigenvalue weighted by atomic mass is 32.1. The third kappa shape index (κ3) is 5.51. The quantitative estimate of drug-likeness (QED) is 0.411. The lowest BCUT2D eigenvalue weighted by atomic mass is 9.96. The summed E-state index contributed by atoms with van der Waals surface area (Å²) in [5, 5.41) is 6.76. The van der Waals surface area contributed by atoms with Gasteiger partial charge in [0.2, 0.25) is 0 Å². The number of aryl methyl sites for hydroxylation is 1. The molecular formula is C21H23F3N2O2S2. The molecule has 1 aliphatic carbocycles. The van der Waals surface area contributed by atoms with Crippen molar-refractivity contribution in [2.75, 3.05) is 17.2 Å². The molecule has 0 unspecified atom stereocenters. The van der Waals surface area contributed by atoms with E-state index in [-0.39, 0.29) is 17.7 Å². The monoisotopic (exact) mass is 456 g/mol. The highest BCUT2D eigenvalue weighted by Gasteiger charge is 2.30. The zero-order valence-electron chi connectivity index (χ0n) is 16.5. The summed E-state index contributed by atoms with van der Waals surface area (Å²) >= 11 is 6.83. The fourth-order valence-electron chi connectivity index (χ4n) is 3.43. The van der Waals surface area contributed by atoms with Crippen molar-refractivity contribution in [3.8, 4) is 0 Å². The van der Waals surface area contributed by atoms with Crippen LogP contribution in [0.4, 0.5) is 23.9 Å². The highest BCUT2D eigenvalue weighted by Crippen LogP contribution is 2.38. The van der Waals surface area contributed by atoms with Crippen LogP contribution in [0.25, 0.3) is 0 Å². The molecule has 0 spiro atoms. The second-order valence-electron chi connectivity index (χ2n) is 7.00. The number of ether oxygens (including phenoxy) is 1. The molecule has 3 rings (SSSR count). The zero-order valence-corrected chi connectivity index (χ0v) is 18.2. The van der Waals surface area contributed by atoms with E-state index in [9.17, 15) is 18.0 Å². The van der Waals surface area contributed by atoms with E-state index >= 15 is 0 Å². The van der Waals surface area contributed by atoms with Gasteiger partial charge in [0.25, 0.3) is 0 Å². The molecule has 1 aliphatic rings. The molecule has 0 saturated heterocycles. The Morgan fingerprint density at radius 2 is 1.77 bits per heavy atom. The molecule has 2 N–H and O–H groups in total. The molecule has 0 fully saturated rings. The second-order valence-corrected chi connectivity index (χ2v) is 8.51. The first-order chi connectivity index (χ1) is 14.3. The number of anilines is 2. The van der Waals surface area contributed by atoms with Crippen molar-refractivity contribution >= 4 is 45.3 Å². The van der Waals surface area contributed by atoms with E-state index in [1.165, 1.54) is 29.9 Å². The second kappa shape index (κ2) is 9.78. The first-order valence-corrected chi connectivity index (χ1v) is 11.1. The Labute approximate surface area is 182 Å². The minimum atomic E-state index is -4.39. The minimum absolute atomic E-state index is 0.203. The lowest BCUT2D eigenvalue weighted by Crippen LogP contribution is -2.20.